The Morgan fingerprint density at radius 1 is 1.30 bits per heavy atom. The van der Waals surface area contributed by atoms with E-state index in [0.717, 1.165) is 24.1 Å². The molecule has 0 spiro atoms. The number of amides is 2. The van der Waals surface area contributed by atoms with Crippen LogP contribution in [0.25, 0.3) is 6.08 Å². The molecule has 1 saturated heterocycles. The van der Waals surface area contributed by atoms with Crippen molar-refractivity contribution in [1.82, 2.24) is 4.90 Å². The van der Waals surface area contributed by atoms with Crippen molar-refractivity contribution in [1.29, 1.82) is 0 Å². The van der Waals surface area contributed by atoms with E-state index in [-0.39, 0.29) is 17.9 Å². The van der Waals surface area contributed by atoms with Crippen molar-refractivity contribution in [3.05, 3.63) is 35.9 Å². The second-order valence-electron chi connectivity index (χ2n) is 6.48. The van der Waals surface area contributed by atoms with Gasteiger partial charge in [-0.2, -0.15) is 0 Å². The van der Waals surface area contributed by atoms with Crippen molar-refractivity contribution in [3.63, 3.8) is 0 Å². The average Bonchev–Trinajstić information content (AvgIpc) is 2.95. The summed E-state index contributed by atoms with van der Waals surface area (Å²) in [7, 11) is 0. The number of benzene rings is 1. The third-order valence-electron chi connectivity index (χ3n) is 4.00. The van der Waals surface area contributed by atoms with Crippen LogP contribution in [0.5, 0.6) is 0 Å². The molecule has 0 aromatic heterocycles. The number of aliphatic hydroxyl groups is 1. The van der Waals surface area contributed by atoms with Crippen LogP contribution in [-0.2, 0) is 9.59 Å². The maximum atomic E-state index is 12.4. The fourth-order valence-electron chi connectivity index (χ4n) is 2.91. The molecular weight excluding hydrogens is 292 g/mol. The van der Waals surface area contributed by atoms with Crippen molar-refractivity contribution in [3.8, 4) is 0 Å². The summed E-state index contributed by atoms with van der Waals surface area (Å²) < 4.78 is 0. The lowest BCUT2D eigenvalue weighted by atomic mass is 9.96. The molecule has 124 valence electrons. The normalized spacial score (nSPS) is 18.4. The number of hydrogen-bond donors (Lipinski definition) is 2. The van der Waals surface area contributed by atoms with Crippen molar-refractivity contribution < 1.29 is 14.7 Å². The van der Waals surface area contributed by atoms with Crippen LogP contribution in [-0.4, -0.2) is 40.0 Å². The van der Waals surface area contributed by atoms with Crippen LogP contribution >= 0.6 is 0 Å². The summed E-state index contributed by atoms with van der Waals surface area (Å²) in [6.07, 6.45) is 5.03. The lowest BCUT2D eigenvalue weighted by Gasteiger charge is -2.33. The number of likely N-dealkylation sites (tertiary alicyclic amines) is 1. The van der Waals surface area contributed by atoms with Gasteiger partial charge in [0.15, 0.2) is 0 Å². The molecule has 2 N–H and O–H groups in total. The van der Waals surface area contributed by atoms with Crippen molar-refractivity contribution in [2.45, 2.75) is 45.3 Å². The van der Waals surface area contributed by atoms with Gasteiger partial charge in [-0.25, -0.2) is 0 Å². The van der Waals surface area contributed by atoms with Gasteiger partial charge in [-0.15, -0.1) is 0 Å². The van der Waals surface area contributed by atoms with E-state index >= 15 is 0 Å². The van der Waals surface area contributed by atoms with Crippen LogP contribution in [0.15, 0.2) is 30.3 Å². The molecule has 1 heterocycles. The van der Waals surface area contributed by atoms with Crippen molar-refractivity contribution in [2.24, 2.45) is 0 Å². The Labute approximate surface area is 137 Å². The highest BCUT2D eigenvalue weighted by Crippen LogP contribution is 2.27. The molecule has 5 heteroatoms. The average molecular weight is 316 g/mol. The van der Waals surface area contributed by atoms with Gasteiger partial charge in [-0.1, -0.05) is 12.1 Å². The summed E-state index contributed by atoms with van der Waals surface area (Å²) in [5, 5.41) is 12.9. The van der Waals surface area contributed by atoms with Crippen LogP contribution in [0.2, 0.25) is 0 Å². The van der Waals surface area contributed by atoms with Gasteiger partial charge in [0.05, 0.1) is 11.6 Å². The molecule has 0 radical (unpaired) electrons. The number of carbonyl (C=O) groups excluding carboxylic acids is 2. The lowest BCUT2D eigenvalue weighted by Crippen LogP contribution is -2.47. The van der Waals surface area contributed by atoms with Crippen LogP contribution < -0.4 is 5.32 Å². The Balaban J connectivity index is 2.02. The number of nitrogens with zero attached hydrogens (tertiary/aromatic N) is 1. The second-order valence-corrected chi connectivity index (χ2v) is 6.48. The smallest absolute Gasteiger partial charge is 0.246 e. The van der Waals surface area contributed by atoms with Gasteiger partial charge in [0, 0.05) is 25.2 Å². The molecule has 1 aliphatic heterocycles. The van der Waals surface area contributed by atoms with E-state index in [4.69, 9.17) is 0 Å². The molecule has 1 unspecified atom stereocenters. The third kappa shape index (κ3) is 4.66. The van der Waals surface area contributed by atoms with Crippen molar-refractivity contribution in [2.75, 3.05) is 11.9 Å². The van der Waals surface area contributed by atoms with Crippen LogP contribution in [0.4, 0.5) is 5.69 Å². The monoisotopic (exact) mass is 316 g/mol. The zero-order valence-corrected chi connectivity index (χ0v) is 13.9. The highest BCUT2D eigenvalue weighted by atomic mass is 16.3. The molecule has 2 rings (SSSR count). The van der Waals surface area contributed by atoms with E-state index in [9.17, 15) is 14.7 Å². The van der Waals surface area contributed by atoms with Gasteiger partial charge < -0.3 is 15.3 Å². The minimum atomic E-state index is -0.889. The summed E-state index contributed by atoms with van der Waals surface area (Å²) in [6, 6.07) is 7.13. The number of nitrogens with one attached hydrogen (secondary N) is 1. The van der Waals surface area contributed by atoms with Gasteiger partial charge in [0.2, 0.25) is 11.8 Å². The third-order valence-corrected chi connectivity index (χ3v) is 4.00. The summed E-state index contributed by atoms with van der Waals surface area (Å²) in [5.74, 6) is -0.198. The first-order valence-electron chi connectivity index (χ1n) is 7.86. The second kappa shape index (κ2) is 6.96. The molecule has 1 aromatic rings. The van der Waals surface area contributed by atoms with E-state index in [0.29, 0.717) is 6.54 Å². The number of rotatable bonds is 4. The topological polar surface area (TPSA) is 69.6 Å². The van der Waals surface area contributed by atoms with Crippen LogP contribution in [0, 0.1) is 0 Å². The Kier molecular flexibility index (Phi) is 5.21. The lowest BCUT2D eigenvalue weighted by molar-refractivity contribution is -0.131. The highest BCUT2D eigenvalue weighted by molar-refractivity contribution is 5.92. The molecule has 5 nitrogen and oxygen atoms in total. The molecule has 1 fully saturated rings. The summed E-state index contributed by atoms with van der Waals surface area (Å²) in [5.41, 5.74) is 0.717. The molecule has 0 saturated carbocycles. The standard InChI is InChI=1S/C18H24N2O3/c1-13(21)19-15-9-6-14(7-10-15)8-11-17(22)20-12-4-5-16(20)18(2,3)23/h6-11,16,23H,4-5,12H2,1-3H3,(H,19,21)/b11-8+. The minimum absolute atomic E-state index is 0.0828. The number of anilines is 1. The SMILES string of the molecule is CC(=O)Nc1ccc(/C=C/C(=O)N2CCCC2C(C)(C)O)cc1. The molecule has 1 atom stereocenters. The highest BCUT2D eigenvalue weighted by Gasteiger charge is 2.37. The predicted molar refractivity (Wildman–Crippen MR) is 90.8 cm³/mol. The Morgan fingerprint density at radius 2 is 1.96 bits per heavy atom. The summed E-state index contributed by atoms with van der Waals surface area (Å²) >= 11 is 0. The fourth-order valence-corrected chi connectivity index (χ4v) is 2.91. The zero-order valence-electron chi connectivity index (χ0n) is 13.9. The molecule has 0 bridgehead atoms. The first-order chi connectivity index (χ1) is 10.8. The van der Waals surface area contributed by atoms with Gasteiger partial charge in [0.25, 0.3) is 0 Å². The van der Waals surface area contributed by atoms with Crippen LogP contribution in [0.1, 0.15) is 39.2 Å². The van der Waals surface area contributed by atoms with Crippen molar-refractivity contribution >= 4 is 23.6 Å². The van der Waals surface area contributed by atoms with E-state index < -0.39 is 5.60 Å². The van der Waals surface area contributed by atoms with Gasteiger partial charge in [-0.05, 0) is 50.5 Å². The number of hydrogen-bond acceptors (Lipinski definition) is 3. The fraction of sp³-hybridized carbons (Fsp3) is 0.444. The largest absolute Gasteiger partial charge is 0.388 e. The van der Waals surface area contributed by atoms with Gasteiger partial charge in [0.1, 0.15) is 0 Å². The molecule has 1 aliphatic rings. The maximum absolute atomic E-state index is 12.4. The maximum Gasteiger partial charge on any atom is 0.246 e. The number of carbonyl (C=O) groups is 2. The molecule has 1 aromatic carbocycles. The Morgan fingerprint density at radius 3 is 2.52 bits per heavy atom. The molecule has 2 amide bonds. The predicted octanol–water partition coefficient (Wildman–Crippen LogP) is 2.42. The van der Waals surface area contributed by atoms with Gasteiger partial charge in [-0.3, -0.25) is 9.59 Å². The zero-order chi connectivity index (χ0) is 17.0. The Bertz CT molecular complexity index is 600. The van der Waals surface area contributed by atoms with E-state index in [1.54, 1.807) is 37.0 Å². The van der Waals surface area contributed by atoms with Gasteiger partial charge >= 0.3 is 0 Å². The van der Waals surface area contributed by atoms with E-state index in [2.05, 4.69) is 5.32 Å². The summed E-state index contributed by atoms with van der Waals surface area (Å²) in [4.78, 5) is 25.1. The summed E-state index contributed by atoms with van der Waals surface area (Å²) in [6.45, 7) is 5.63. The first-order valence-corrected chi connectivity index (χ1v) is 7.86. The van der Waals surface area contributed by atoms with E-state index in [1.165, 1.54) is 13.0 Å². The molecule has 0 aliphatic carbocycles. The molecule has 23 heavy (non-hydrogen) atoms. The first kappa shape index (κ1) is 17.2. The van der Waals surface area contributed by atoms with Crippen LogP contribution in [0.3, 0.4) is 0 Å². The minimum Gasteiger partial charge on any atom is -0.388 e. The quantitative estimate of drug-likeness (QED) is 0.838. The Hall–Kier alpha value is -2.14. The molecular formula is C18H24N2O3. The van der Waals surface area contributed by atoms with E-state index in [1.807, 2.05) is 12.1 Å².